The zero-order valence-corrected chi connectivity index (χ0v) is 9.17. The summed E-state index contributed by atoms with van der Waals surface area (Å²) in [5, 5.41) is 10.1. The Morgan fingerprint density at radius 1 is 1.43 bits per heavy atom. The monoisotopic (exact) mass is 190 g/mol. The van der Waals surface area contributed by atoms with Crippen LogP contribution < -0.4 is 0 Å². The second kappa shape index (κ2) is 3.30. The largest absolute Gasteiger partial charge is 0.507 e. The van der Waals surface area contributed by atoms with Gasteiger partial charge in [-0.3, -0.25) is 0 Å². The van der Waals surface area contributed by atoms with Crippen LogP contribution in [0.1, 0.15) is 55.7 Å². The van der Waals surface area contributed by atoms with E-state index in [9.17, 15) is 5.11 Å². The van der Waals surface area contributed by atoms with Crippen LogP contribution in [-0.4, -0.2) is 5.11 Å². The Morgan fingerprint density at radius 2 is 2.14 bits per heavy atom. The van der Waals surface area contributed by atoms with Gasteiger partial charge in [0.05, 0.1) is 0 Å². The minimum Gasteiger partial charge on any atom is -0.507 e. The summed E-state index contributed by atoms with van der Waals surface area (Å²) in [5.74, 6) is 1.58. The fourth-order valence-corrected chi connectivity index (χ4v) is 2.35. The van der Waals surface area contributed by atoms with Gasteiger partial charge in [-0.25, -0.2) is 0 Å². The van der Waals surface area contributed by atoms with Crippen molar-refractivity contribution in [3.05, 3.63) is 28.8 Å². The molecule has 1 unspecified atom stereocenters. The highest BCUT2D eigenvalue weighted by Gasteiger charge is 2.29. The molecule has 0 aliphatic heterocycles. The topological polar surface area (TPSA) is 20.2 Å². The van der Waals surface area contributed by atoms with E-state index in [4.69, 9.17) is 0 Å². The van der Waals surface area contributed by atoms with Crippen LogP contribution in [0.5, 0.6) is 5.75 Å². The van der Waals surface area contributed by atoms with Gasteiger partial charge < -0.3 is 5.11 Å². The molecule has 0 aromatic heterocycles. The first-order valence-electron chi connectivity index (χ1n) is 5.49. The van der Waals surface area contributed by atoms with Crippen molar-refractivity contribution in [3.8, 4) is 5.75 Å². The predicted molar refractivity (Wildman–Crippen MR) is 58.9 cm³/mol. The first-order chi connectivity index (χ1) is 6.65. The van der Waals surface area contributed by atoms with Gasteiger partial charge in [0.25, 0.3) is 0 Å². The standard InChI is InChI=1S/C13H18O/c1-4-9-7-10-5-6-11(8(2)3)13(14)12(9)10/h5-6,8-9,14H,4,7H2,1-3H3. The minimum absolute atomic E-state index is 0.415. The summed E-state index contributed by atoms with van der Waals surface area (Å²) in [6.45, 7) is 6.44. The van der Waals surface area contributed by atoms with Crippen LogP contribution in [0, 0.1) is 0 Å². The molecule has 0 heterocycles. The Hall–Kier alpha value is -0.980. The van der Waals surface area contributed by atoms with Crippen molar-refractivity contribution in [2.24, 2.45) is 0 Å². The fourth-order valence-electron chi connectivity index (χ4n) is 2.35. The molecule has 0 fully saturated rings. The molecule has 0 saturated heterocycles. The molecule has 1 heteroatoms. The van der Waals surface area contributed by atoms with Crippen LogP contribution in [0.2, 0.25) is 0 Å². The van der Waals surface area contributed by atoms with Gasteiger partial charge in [0.15, 0.2) is 0 Å². The Bertz CT molecular complexity index is 352. The van der Waals surface area contributed by atoms with E-state index in [0.717, 1.165) is 18.4 Å². The molecule has 1 atom stereocenters. The van der Waals surface area contributed by atoms with Crippen LogP contribution in [0.3, 0.4) is 0 Å². The van der Waals surface area contributed by atoms with Crippen LogP contribution >= 0.6 is 0 Å². The zero-order valence-electron chi connectivity index (χ0n) is 9.17. The summed E-state index contributed by atoms with van der Waals surface area (Å²) in [6, 6.07) is 4.25. The van der Waals surface area contributed by atoms with Gasteiger partial charge in [-0.05, 0) is 35.8 Å². The molecule has 1 aromatic rings. The molecule has 1 N–H and O–H groups in total. The van der Waals surface area contributed by atoms with Gasteiger partial charge >= 0.3 is 0 Å². The molecular formula is C13H18O. The normalized spacial score (nSPS) is 19.3. The third-order valence-electron chi connectivity index (χ3n) is 3.33. The van der Waals surface area contributed by atoms with Crippen molar-refractivity contribution in [1.82, 2.24) is 0 Å². The van der Waals surface area contributed by atoms with Crippen LogP contribution in [-0.2, 0) is 6.42 Å². The average Bonchev–Trinajstić information content (AvgIpc) is 2.07. The van der Waals surface area contributed by atoms with E-state index in [-0.39, 0.29) is 0 Å². The number of phenols is 1. The fraction of sp³-hybridized carbons (Fsp3) is 0.538. The second-order valence-electron chi connectivity index (χ2n) is 4.54. The molecule has 1 nitrogen and oxygen atoms in total. The number of aromatic hydroxyl groups is 1. The van der Waals surface area contributed by atoms with Crippen LogP contribution in [0.25, 0.3) is 0 Å². The van der Waals surface area contributed by atoms with E-state index in [1.54, 1.807) is 0 Å². The van der Waals surface area contributed by atoms with E-state index >= 15 is 0 Å². The number of hydrogen-bond acceptors (Lipinski definition) is 1. The number of hydrogen-bond donors (Lipinski definition) is 1. The molecule has 0 amide bonds. The highest BCUT2D eigenvalue weighted by molar-refractivity contribution is 5.54. The number of rotatable bonds is 2. The molecule has 14 heavy (non-hydrogen) atoms. The predicted octanol–water partition coefficient (Wildman–Crippen LogP) is 3.57. The van der Waals surface area contributed by atoms with E-state index in [1.807, 2.05) is 0 Å². The lowest BCUT2D eigenvalue weighted by atomic mass is 9.74. The number of benzene rings is 1. The van der Waals surface area contributed by atoms with Crippen molar-refractivity contribution in [1.29, 1.82) is 0 Å². The zero-order chi connectivity index (χ0) is 10.3. The summed E-state index contributed by atoms with van der Waals surface area (Å²) >= 11 is 0. The van der Waals surface area contributed by atoms with Crippen molar-refractivity contribution in [3.63, 3.8) is 0 Å². The Labute approximate surface area is 85.8 Å². The Morgan fingerprint density at radius 3 is 2.71 bits per heavy atom. The maximum absolute atomic E-state index is 10.1. The van der Waals surface area contributed by atoms with Crippen molar-refractivity contribution in [2.45, 2.75) is 45.4 Å². The van der Waals surface area contributed by atoms with Crippen LogP contribution in [0.15, 0.2) is 12.1 Å². The van der Waals surface area contributed by atoms with Gasteiger partial charge in [-0.2, -0.15) is 0 Å². The molecular weight excluding hydrogens is 172 g/mol. The first kappa shape index (κ1) is 9.57. The lowest BCUT2D eigenvalue weighted by Gasteiger charge is -2.31. The quantitative estimate of drug-likeness (QED) is 0.756. The minimum atomic E-state index is 0.415. The SMILES string of the molecule is CCC1Cc2ccc(C(C)C)c(O)c21. The third-order valence-corrected chi connectivity index (χ3v) is 3.33. The summed E-state index contributed by atoms with van der Waals surface area (Å²) in [7, 11) is 0. The Balaban J connectivity index is 2.45. The Kier molecular flexibility index (Phi) is 2.26. The van der Waals surface area contributed by atoms with Crippen molar-refractivity contribution in [2.75, 3.05) is 0 Å². The summed E-state index contributed by atoms with van der Waals surface area (Å²) in [4.78, 5) is 0. The van der Waals surface area contributed by atoms with E-state index in [0.29, 0.717) is 17.6 Å². The lowest BCUT2D eigenvalue weighted by Crippen LogP contribution is -2.17. The maximum atomic E-state index is 10.1. The molecule has 0 saturated carbocycles. The van der Waals surface area contributed by atoms with Gasteiger partial charge in [-0.1, -0.05) is 32.9 Å². The highest BCUT2D eigenvalue weighted by Crippen LogP contribution is 2.45. The van der Waals surface area contributed by atoms with E-state index in [2.05, 4.69) is 32.9 Å². The molecule has 1 aliphatic rings. The molecule has 76 valence electrons. The maximum Gasteiger partial charge on any atom is 0.122 e. The first-order valence-corrected chi connectivity index (χ1v) is 5.49. The third kappa shape index (κ3) is 1.23. The van der Waals surface area contributed by atoms with Crippen molar-refractivity contribution < 1.29 is 5.11 Å². The highest BCUT2D eigenvalue weighted by atomic mass is 16.3. The number of phenolic OH excluding ortho intramolecular Hbond substituents is 1. The smallest absolute Gasteiger partial charge is 0.122 e. The molecule has 0 spiro atoms. The average molecular weight is 190 g/mol. The molecule has 2 rings (SSSR count). The van der Waals surface area contributed by atoms with E-state index in [1.165, 1.54) is 11.1 Å². The summed E-state index contributed by atoms with van der Waals surface area (Å²) in [5.41, 5.74) is 3.67. The van der Waals surface area contributed by atoms with E-state index < -0.39 is 0 Å². The van der Waals surface area contributed by atoms with Gasteiger partial charge in [-0.15, -0.1) is 0 Å². The summed E-state index contributed by atoms with van der Waals surface area (Å²) < 4.78 is 0. The molecule has 0 bridgehead atoms. The number of fused-ring (bicyclic) bond motifs is 1. The van der Waals surface area contributed by atoms with Crippen molar-refractivity contribution >= 4 is 0 Å². The van der Waals surface area contributed by atoms with Gasteiger partial charge in [0.2, 0.25) is 0 Å². The van der Waals surface area contributed by atoms with Gasteiger partial charge in [0.1, 0.15) is 5.75 Å². The summed E-state index contributed by atoms with van der Waals surface area (Å²) in [6.07, 6.45) is 2.29. The lowest BCUT2D eigenvalue weighted by molar-refractivity contribution is 0.434. The molecule has 0 radical (unpaired) electrons. The van der Waals surface area contributed by atoms with Crippen LogP contribution in [0.4, 0.5) is 0 Å². The molecule has 1 aliphatic carbocycles. The van der Waals surface area contributed by atoms with Gasteiger partial charge in [0, 0.05) is 5.56 Å². The second-order valence-corrected chi connectivity index (χ2v) is 4.54. The molecule has 1 aromatic carbocycles.